The van der Waals surface area contributed by atoms with Crippen LogP contribution in [0.4, 0.5) is 14.5 Å². The molecule has 0 atom stereocenters. The molecule has 2 rings (SSSR count). The van der Waals surface area contributed by atoms with Crippen LogP contribution in [0.25, 0.3) is 0 Å². The van der Waals surface area contributed by atoms with Gasteiger partial charge in [0.2, 0.25) is 0 Å². The van der Waals surface area contributed by atoms with Gasteiger partial charge in [-0.15, -0.1) is 11.3 Å². The van der Waals surface area contributed by atoms with Crippen molar-refractivity contribution in [3.8, 4) is 0 Å². The second kappa shape index (κ2) is 5.99. The van der Waals surface area contributed by atoms with Crippen LogP contribution >= 0.6 is 27.3 Å². The molecule has 1 heterocycles. The first kappa shape index (κ1) is 16.3. The van der Waals surface area contributed by atoms with E-state index in [-0.39, 0.29) is 15.9 Å². The van der Waals surface area contributed by atoms with Gasteiger partial charge in [0.05, 0.1) is 10.2 Å². The molecule has 1 aromatic carbocycles. The van der Waals surface area contributed by atoms with Gasteiger partial charge < -0.3 is 5.73 Å². The predicted octanol–water partition coefficient (Wildman–Crippen LogP) is 3.36. The fraction of sp³-hybridized carbons (Fsp3) is 0.167. The van der Waals surface area contributed by atoms with E-state index in [4.69, 9.17) is 5.73 Å². The highest BCUT2D eigenvalue weighted by atomic mass is 79.9. The van der Waals surface area contributed by atoms with Crippen LogP contribution in [0.1, 0.15) is 9.75 Å². The molecule has 0 radical (unpaired) electrons. The summed E-state index contributed by atoms with van der Waals surface area (Å²) < 4.78 is 53.6. The maximum atomic E-state index is 13.7. The van der Waals surface area contributed by atoms with E-state index >= 15 is 0 Å². The average molecular weight is 397 g/mol. The molecular formula is C12H11BrF2N2O2S2. The van der Waals surface area contributed by atoms with Crippen LogP contribution in [-0.4, -0.2) is 8.42 Å². The Bertz CT molecular complexity index is 791. The fourth-order valence-corrected chi connectivity index (χ4v) is 4.58. The van der Waals surface area contributed by atoms with E-state index in [2.05, 4.69) is 20.7 Å². The van der Waals surface area contributed by atoms with Gasteiger partial charge >= 0.3 is 0 Å². The van der Waals surface area contributed by atoms with Crippen molar-refractivity contribution >= 4 is 43.0 Å². The second-order valence-corrected chi connectivity index (χ2v) is 8.03. The Kier molecular flexibility index (Phi) is 4.66. The monoisotopic (exact) mass is 396 g/mol. The van der Waals surface area contributed by atoms with Gasteiger partial charge in [-0.25, -0.2) is 17.2 Å². The van der Waals surface area contributed by atoms with Crippen LogP contribution < -0.4 is 10.5 Å². The third-order valence-corrected chi connectivity index (χ3v) is 5.97. The number of rotatable bonds is 4. The summed E-state index contributed by atoms with van der Waals surface area (Å²) in [5, 5.41) is 0. The Morgan fingerprint density at radius 2 is 1.95 bits per heavy atom. The van der Waals surface area contributed by atoms with Crippen LogP contribution in [0.3, 0.4) is 0 Å². The first-order valence-electron chi connectivity index (χ1n) is 5.71. The maximum Gasteiger partial charge on any atom is 0.263 e. The molecule has 0 bridgehead atoms. The lowest BCUT2D eigenvalue weighted by Gasteiger charge is -2.09. The lowest BCUT2D eigenvalue weighted by molar-refractivity contribution is 0.591. The minimum atomic E-state index is -4.00. The van der Waals surface area contributed by atoms with E-state index in [0.717, 1.165) is 12.1 Å². The van der Waals surface area contributed by atoms with Crippen LogP contribution in [0.15, 0.2) is 27.6 Å². The average Bonchev–Trinajstić information content (AvgIpc) is 2.78. The summed E-state index contributed by atoms with van der Waals surface area (Å²) in [6.45, 7) is 1.83. The van der Waals surface area contributed by atoms with Crippen molar-refractivity contribution < 1.29 is 17.2 Å². The molecule has 0 aliphatic carbocycles. The Hall–Kier alpha value is -1.03. The van der Waals surface area contributed by atoms with Gasteiger partial charge in [-0.2, -0.15) is 0 Å². The van der Waals surface area contributed by atoms with E-state index in [1.165, 1.54) is 17.4 Å². The molecule has 0 spiro atoms. The van der Waals surface area contributed by atoms with Crippen molar-refractivity contribution in [1.82, 2.24) is 0 Å². The molecule has 21 heavy (non-hydrogen) atoms. The molecule has 9 heteroatoms. The first-order valence-corrected chi connectivity index (χ1v) is 8.80. The van der Waals surface area contributed by atoms with Crippen molar-refractivity contribution in [2.45, 2.75) is 18.4 Å². The van der Waals surface area contributed by atoms with E-state index in [0.29, 0.717) is 9.75 Å². The SMILES string of the molecule is Cc1sc(CN)cc1S(=O)(=O)Nc1cc(F)c(Br)cc1F. The summed E-state index contributed by atoms with van der Waals surface area (Å²) in [5.41, 5.74) is 5.02. The molecule has 114 valence electrons. The number of hydrogen-bond donors (Lipinski definition) is 2. The predicted molar refractivity (Wildman–Crippen MR) is 81.8 cm³/mol. The summed E-state index contributed by atoms with van der Waals surface area (Å²) in [6, 6.07) is 3.07. The van der Waals surface area contributed by atoms with Crippen LogP contribution in [0.5, 0.6) is 0 Å². The largest absolute Gasteiger partial charge is 0.326 e. The number of benzene rings is 1. The standard InChI is InChI=1S/C12H11BrF2N2O2S2/c1-6-12(2-7(5-16)20-6)21(18,19)17-11-4-9(14)8(13)3-10(11)15/h2-4,17H,5,16H2,1H3. The molecule has 0 fully saturated rings. The molecule has 0 aliphatic heterocycles. The Balaban J connectivity index is 2.42. The van der Waals surface area contributed by atoms with Crippen molar-refractivity contribution in [2.24, 2.45) is 5.73 Å². The van der Waals surface area contributed by atoms with Gasteiger partial charge in [0.25, 0.3) is 10.0 Å². The molecular weight excluding hydrogens is 386 g/mol. The third kappa shape index (κ3) is 3.42. The molecule has 0 aliphatic rings. The molecule has 0 saturated carbocycles. The van der Waals surface area contributed by atoms with Crippen molar-refractivity contribution in [1.29, 1.82) is 0 Å². The zero-order chi connectivity index (χ0) is 15.8. The summed E-state index contributed by atoms with van der Waals surface area (Å²) in [7, 11) is -4.00. The van der Waals surface area contributed by atoms with E-state index in [1.54, 1.807) is 6.92 Å². The summed E-state index contributed by atoms with van der Waals surface area (Å²) in [4.78, 5) is 1.23. The highest BCUT2D eigenvalue weighted by molar-refractivity contribution is 9.10. The van der Waals surface area contributed by atoms with Crippen LogP contribution in [0, 0.1) is 18.6 Å². The number of hydrogen-bond acceptors (Lipinski definition) is 4. The highest BCUT2D eigenvalue weighted by Gasteiger charge is 2.22. The third-order valence-electron chi connectivity index (χ3n) is 2.67. The summed E-state index contributed by atoms with van der Waals surface area (Å²) in [5.74, 6) is -1.64. The van der Waals surface area contributed by atoms with Crippen molar-refractivity contribution in [3.63, 3.8) is 0 Å². The number of thiophene rings is 1. The van der Waals surface area contributed by atoms with Gasteiger partial charge in [0.15, 0.2) is 0 Å². The summed E-state index contributed by atoms with van der Waals surface area (Å²) in [6.07, 6.45) is 0. The first-order chi connectivity index (χ1) is 9.74. The molecule has 1 aromatic heterocycles. The lowest BCUT2D eigenvalue weighted by Crippen LogP contribution is -2.14. The van der Waals surface area contributed by atoms with Crippen LogP contribution in [0.2, 0.25) is 0 Å². The quantitative estimate of drug-likeness (QED) is 0.778. The van der Waals surface area contributed by atoms with Gasteiger partial charge in [-0.1, -0.05) is 0 Å². The lowest BCUT2D eigenvalue weighted by atomic mass is 10.3. The Morgan fingerprint density at radius 1 is 1.29 bits per heavy atom. The molecule has 2 aromatic rings. The number of sulfonamides is 1. The number of aryl methyl sites for hydroxylation is 1. The fourth-order valence-electron chi connectivity index (χ4n) is 1.69. The van der Waals surface area contributed by atoms with E-state index in [9.17, 15) is 17.2 Å². The normalized spacial score (nSPS) is 11.7. The van der Waals surface area contributed by atoms with Gasteiger partial charge in [0.1, 0.15) is 16.5 Å². The topological polar surface area (TPSA) is 72.2 Å². The smallest absolute Gasteiger partial charge is 0.263 e. The zero-order valence-electron chi connectivity index (χ0n) is 10.8. The number of halogens is 3. The molecule has 0 amide bonds. The Labute approximate surface area is 133 Å². The number of anilines is 1. The minimum absolute atomic E-state index is 0.00989. The van der Waals surface area contributed by atoms with E-state index in [1.807, 2.05) is 0 Å². The summed E-state index contributed by atoms with van der Waals surface area (Å²) >= 11 is 4.07. The number of nitrogens with two attached hydrogens (primary N) is 1. The van der Waals surface area contributed by atoms with Gasteiger partial charge in [-0.3, -0.25) is 4.72 Å². The van der Waals surface area contributed by atoms with Gasteiger partial charge in [-0.05, 0) is 35.0 Å². The minimum Gasteiger partial charge on any atom is -0.326 e. The Morgan fingerprint density at radius 3 is 2.52 bits per heavy atom. The van der Waals surface area contributed by atoms with Crippen molar-refractivity contribution in [2.75, 3.05) is 4.72 Å². The zero-order valence-corrected chi connectivity index (χ0v) is 14.0. The van der Waals surface area contributed by atoms with Crippen molar-refractivity contribution in [3.05, 3.63) is 44.1 Å². The van der Waals surface area contributed by atoms with Crippen LogP contribution in [-0.2, 0) is 16.6 Å². The maximum absolute atomic E-state index is 13.7. The van der Waals surface area contributed by atoms with E-state index < -0.39 is 27.3 Å². The molecule has 4 nitrogen and oxygen atoms in total. The molecule has 3 N–H and O–H groups in total. The molecule has 0 unspecified atom stereocenters. The molecule has 0 saturated heterocycles. The second-order valence-electron chi connectivity index (χ2n) is 4.19. The van der Waals surface area contributed by atoms with Gasteiger partial charge in [0, 0.05) is 22.4 Å². The number of nitrogens with one attached hydrogen (secondary N) is 1. The highest BCUT2D eigenvalue weighted by Crippen LogP contribution is 2.29.